The fourth-order valence-corrected chi connectivity index (χ4v) is 1.97. The lowest BCUT2D eigenvalue weighted by atomic mass is 10.2. The molecule has 0 saturated heterocycles. The van der Waals surface area contributed by atoms with Crippen molar-refractivity contribution >= 4 is 29.5 Å². The molecule has 2 rings (SSSR count). The first-order valence-electron chi connectivity index (χ1n) is 7.24. The average Bonchev–Trinajstić information content (AvgIpc) is 2.57. The SMILES string of the molecule is CCNC(=S)NN=Cc1ccc(OC(=O)c2ccccc2F)cc1. The Labute approximate surface area is 144 Å². The van der Waals surface area contributed by atoms with E-state index < -0.39 is 11.8 Å². The molecule has 0 fully saturated rings. The number of hydrogen-bond acceptors (Lipinski definition) is 4. The summed E-state index contributed by atoms with van der Waals surface area (Å²) in [5.74, 6) is -1.04. The third kappa shape index (κ3) is 5.13. The van der Waals surface area contributed by atoms with E-state index in [9.17, 15) is 9.18 Å². The van der Waals surface area contributed by atoms with Crippen LogP contribution in [0, 0.1) is 5.82 Å². The van der Waals surface area contributed by atoms with E-state index in [2.05, 4.69) is 15.8 Å². The normalized spacial score (nSPS) is 10.4. The number of benzene rings is 2. The van der Waals surface area contributed by atoms with Crippen molar-refractivity contribution in [2.75, 3.05) is 6.54 Å². The minimum atomic E-state index is -0.743. The highest BCUT2D eigenvalue weighted by molar-refractivity contribution is 7.80. The lowest BCUT2D eigenvalue weighted by Gasteiger charge is -2.05. The molecule has 0 aliphatic rings. The Morgan fingerprint density at radius 3 is 2.62 bits per heavy atom. The van der Waals surface area contributed by atoms with Crippen LogP contribution in [0.5, 0.6) is 5.75 Å². The third-order valence-corrected chi connectivity index (χ3v) is 3.14. The van der Waals surface area contributed by atoms with E-state index >= 15 is 0 Å². The molecule has 0 radical (unpaired) electrons. The Morgan fingerprint density at radius 1 is 1.25 bits per heavy atom. The molecule has 0 spiro atoms. The van der Waals surface area contributed by atoms with Crippen LogP contribution >= 0.6 is 12.2 Å². The highest BCUT2D eigenvalue weighted by atomic mass is 32.1. The van der Waals surface area contributed by atoms with Crippen LogP contribution in [0.1, 0.15) is 22.8 Å². The number of nitrogens with zero attached hydrogens (tertiary/aromatic N) is 1. The smallest absolute Gasteiger partial charge is 0.346 e. The molecule has 2 aromatic carbocycles. The molecule has 2 aromatic rings. The van der Waals surface area contributed by atoms with E-state index in [-0.39, 0.29) is 5.56 Å². The molecule has 24 heavy (non-hydrogen) atoms. The number of thiocarbonyl (C=S) groups is 1. The lowest BCUT2D eigenvalue weighted by molar-refractivity contribution is 0.0730. The maximum atomic E-state index is 13.5. The van der Waals surface area contributed by atoms with Gasteiger partial charge in [0.05, 0.1) is 11.8 Å². The van der Waals surface area contributed by atoms with Gasteiger partial charge in [-0.25, -0.2) is 9.18 Å². The number of ether oxygens (including phenoxy) is 1. The van der Waals surface area contributed by atoms with Gasteiger partial charge >= 0.3 is 5.97 Å². The van der Waals surface area contributed by atoms with Crippen LogP contribution in [0.25, 0.3) is 0 Å². The van der Waals surface area contributed by atoms with Gasteiger partial charge in [0.1, 0.15) is 11.6 Å². The predicted octanol–water partition coefficient (Wildman–Crippen LogP) is 2.86. The van der Waals surface area contributed by atoms with Crippen LogP contribution in [0.3, 0.4) is 0 Å². The van der Waals surface area contributed by atoms with Crippen LogP contribution in [0.2, 0.25) is 0 Å². The predicted molar refractivity (Wildman–Crippen MR) is 94.8 cm³/mol. The highest BCUT2D eigenvalue weighted by Gasteiger charge is 2.12. The van der Waals surface area contributed by atoms with E-state index in [4.69, 9.17) is 17.0 Å². The number of carbonyl (C=O) groups excluding carboxylic acids is 1. The van der Waals surface area contributed by atoms with Crippen molar-refractivity contribution in [2.45, 2.75) is 6.92 Å². The summed E-state index contributed by atoms with van der Waals surface area (Å²) in [6.45, 7) is 2.64. The molecule has 0 aliphatic carbocycles. The Morgan fingerprint density at radius 2 is 1.96 bits per heavy atom. The van der Waals surface area contributed by atoms with Crippen molar-refractivity contribution in [2.24, 2.45) is 5.10 Å². The molecule has 0 atom stereocenters. The molecular formula is C17H16FN3O2S. The minimum Gasteiger partial charge on any atom is -0.423 e. The van der Waals surface area contributed by atoms with Gasteiger partial charge in [-0.2, -0.15) is 5.10 Å². The molecule has 0 bridgehead atoms. The number of halogens is 1. The number of esters is 1. The number of nitrogens with one attached hydrogen (secondary N) is 2. The van der Waals surface area contributed by atoms with Crippen LogP contribution in [-0.4, -0.2) is 23.8 Å². The molecule has 5 nitrogen and oxygen atoms in total. The second-order valence-corrected chi connectivity index (χ2v) is 5.08. The third-order valence-electron chi connectivity index (χ3n) is 2.90. The minimum absolute atomic E-state index is 0.107. The molecule has 0 aliphatic heterocycles. The van der Waals surface area contributed by atoms with Crippen molar-refractivity contribution < 1.29 is 13.9 Å². The molecule has 0 unspecified atom stereocenters. The molecule has 124 valence electrons. The second kappa shape index (κ2) is 8.73. The lowest BCUT2D eigenvalue weighted by Crippen LogP contribution is -2.31. The zero-order valence-electron chi connectivity index (χ0n) is 13.0. The monoisotopic (exact) mass is 345 g/mol. The number of rotatable bonds is 5. The zero-order valence-corrected chi connectivity index (χ0v) is 13.8. The zero-order chi connectivity index (χ0) is 17.4. The first kappa shape index (κ1) is 17.6. The van der Waals surface area contributed by atoms with Crippen molar-refractivity contribution in [1.82, 2.24) is 10.7 Å². The Kier molecular flexibility index (Phi) is 6.39. The van der Waals surface area contributed by atoms with E-state index in [1.165, 1.54) is 18.2 Å². The average molecular weight is 345 g/mol. The largest absolute Gasteiger partial charge is 0.423 e. The summed E-state index contributed by atoms with van der Waals surface area (Å²) in [6, 6.07) is 12.3. The van der Waals surface area contributed by atoms with E-state index in [1.54, 1.807) is 36.5 Å². The van der Waals surface area contributed by atoms with Crippen LogP contribution in [0.4, 0.5) is 4.39 Å². The Hall–Kier alpha value is -2.80. The Balaban J connectivity index is 1.95. The topological polar surface area (TPSA) is 62.7 Å². The van der Waals surface area contributed by atoms with E-state index in [1.807, 2.05) is 6.92 Å². The fraction of sp³-hybridized carbons (Fsp3) is 0.118. The van der Waals surface area contributed by atoms with Gasteiger partial charge in [-0.3, -0.25) is 5.43 Å². The van der Waals surface area contributed by atoms with Gasteiger partial charge < -0.3 is 10.1 Å². The van der Waals surface area contributed by atoms with Crippen molar-refractivity contribution in [3.63, 3.8) is 0 Å². The quantitative estimate of drug-likeness (QED) is 0.287. The van der Waals surface area contributed by atoms with E-state index in [0.29, 0.717) is 17.4 Å². The van der Waals surface area contributed by atoms with Gasteiger partial charge in [0.25, 0.3) is 0 Å². The summed E-state index contributed by atoms with van der Waals surface area (Å²) in [6.07, 6.45) is 1.58. The molecule has 7 heteroatoms. The molecule has 2 N–H and O–H groups in total. The molecule has 0 amide bonds. The number of hydrogen-bond donors (Lipinski definition) is 2. The highest BCUT2D eigenvalue weighted by Crippen LogP contribution is 2.15. The maximum absolute atomic E-state index is 13.5. The van der Waals surface area contributed by atoms with Crippen LogP contribution in [-0.2, 0) is 0 Å². The van der Waals surface area contributed by atoms with Gasteiger partial charge in [-0.1, -0.05) is 12.1 Å². The number of hydrazone groups is 1. The summed E-state index contributed by atoms with van der Waals surface area (Å²) >= 11 is 4.97. The standard InChI is InChI=1S/C17H16FN3O2S/c1-2-19-17(24)21-20-11-12-7-9-13(10-8-12)23-16(22)14-5-3-4-6-15(14)18/h3-11H,2H2,1H3,(H2,19,21,24). The van der Waals surface area contributed by atoms with E-state index in [0.717, 1.165) is 5.56 Å². The molecule has 0 heterocycles. The first-order chi connectivity index (χ1) is 11.6. The Bertz CT molecular complexity index is 748. The summed E-state index contributed by atoms with van der Waals surface area (Å²) in [7, 11) is 0. The van der Waals surface area contributed by atoms with Gasteiger partial charge in [0.15, 0.2) is 5.11 Å². The maximum Gasteiger partial charge on any atom is 0.346 e. The summed E-state index contributed by atoms with van der Waals surface area (Å²) in [5.41, 5.74) is 3.35. The van der Waals surface area contributed by atoms with Gasteiger partial charge in [-0.05, 0) is 61.1 Å². The van der Waals surface area contributed by atoms with Crippen molar-refractivity contribution in [1.29, 1.82) is 0 Å². The summed E-state index contributed by atoms with van der Waals surface area (Å²) < 4.78 is 18.7. The second-order valence-electron chi connectivity index (χ2n) is 4.67. The molecular weight excluding hydrogens is 329 g/mol. The van der Waals surface area contributed by atoms with Gasteiger partial charge in [0, 0.05) is 6.54 Å². The van der Waals surface area contributed by atoms with Crippen molar-refractivity contribution in [3.8, 4) is 5.75 Å². The molecule has 0 saturated carbocycles. The van der Waals surface area contributed by atoms with Gasteiger partial charge in [0.2, 0.25) is 0 Å². The van der Waals surface area contributed by atoms with Crippen LogP contribution < -0.4 is 15.5 Å². The number of carbonyl (C=O) groups is 1. The van der Waals surface area contributed by atoms with Crippen LogP contribution in [0.15, 0.2) is 53.6 Å². The van der Waals surface area contributed by atoms with Crippen molar-refractivity contribution in [3.05, 3.63) is 65.5 Å². The summed E-state index contributed by atoms with van der Waals surface area (Å²) in [4.78, 5) is 11.9. The first-order valence-corrected chi connectivity index (χ1v) is 7.64. The molecule has 0 aromatic heterocycles. The summed E-state index contributed by atoms with van der Waals surface area (Å²) in [5, 5.41) is 7.31. The fourth-order valence-electron chi connectivity index (χ4n) is 1.78. The van der Waals surface area contributed by atoms with Gasteiger partial charge in [-0.15, -0.1) is 0 Å².